The molecule has 0 aliphatic heterocycles. The Bertz CT molecular complexity index is 781. The molecule has 3 aromatic rings. The number of pyridine rings is 1. The maximum absolute atomic E-state index is 12.3. The molecular weight excluding hydrogens is 292 g/mol. The molecule has 0 spiro atoms. The molecule has 1 amide bonds. The van der Waals surface area contributed by atoms with Crippen LogP contribution in [-0.2, 0) is 6.54 Å². The molecule has 0 unspecified atom stereocenters. The van der Waals surface area contributed by atoms with Crippen molar-refractivity contribution < 1.29 is 4.79 Å². The summed E-state index contributed by atoms with van der Waals surface area (Å²) in [5.74, 6) is -0.0830. The standard InChI is InChI=1S/C18H16N2OS/c1-13-3-2-4-14(9-13)11-20-18(21)15-5-7-19-17(10-15)16-6-8-22-12-16/h2-10,12H,11H2,1H3,(H,20,21). The number of carbonyl (C=O) groups excluding carboxylic acids is 1. The van der Waals surface area contributed by atoms with Crippen LogP contribution in [0.25, 0.3) is 11.3 Å². The van der Waals surface area contributed by atoms with Crippen molar-refractivity contribution in [1.29, 1.82) is 0 Å². The van der Waals surface area contributed by atoms with Crippen molar-refractivity contribution >= 4 is 17.2 Å². The molecule has 110 valence electrons. The number of hydrogen-bond donors (Lipinski definition) is 1. The van der Waals surface area contributed by atoms with Crippen molar-refractivity contribution in [1.82, 2.24) is 10.3 Å². The van der Waals surface area contributed by atoms with Crippen molar-refractivity contribution in [3.8, 4) is 11.3 Å². The highest BCUT2D eigenvalue weighted by Crippen LogP contribution is 2.20. The predicted octanol–water partition coefficient (Wildman–Crippen LogP) is 4.05. The van der Waals surface area contributed by atoms with E-state index >= 15 is 0 Å². The predicted molar refractivity (Wildman–Crippen MR) is 89.9 cm³/mol. The lowest BCUT2D eigenvalue weighted by Crippen LogP contribution is -2.22. The second kappa shape index (κ2) is 6.54. The zero-order chi connectivity index (χ0) is 15.4. The minimum atomic E-state index is -0.0830. The molecule has 0 fully saturated rings. The Morgan fingerprint density at radius 2 is 2.14 bits per heavy atom. The van der Waals surface area contributed by atoms with Gasteiger partial charge in [-0.15, -0.1) is 0 Å². The Morgan fingerprint density at radius 3 is 2.91 bits per heavy atom. The zero-order valence-electron chi connectivity index (χ0n) is 12.2. The first-order chi connectivity index (χ1) is 10.7. The molecule has 4 heteroatoms. The van der Waals surface area contributed by atoms with E-state index in [1.54, 1.807) is 23.6 Å². The van der Waals surface area contributed by atoms with Crippen molar-refractivity contribution in [2.75, 3.05) is 0 Å². The van der Waals surface area contributed by atoms with Crippen LogP contribution in [0.3, 0.4) is 0 Å². The fourth-order valence-corrected chi connectivity index (χ4v) is 2.90. The summed E-state index contributed by atoms with van der Waals surface area (Å²) >= 11 is 1.62. The van der Waals surface area contributed by atoms with E-state index in [2.05, 4.69) is 16.4 Å². The van der Waals surface area contributed by atoms with E-state index < -0.39 is 0 Å². The summed E-state index contributed by atoms with van der Waals surface area (Å²) in [5, 5.41) is 6.98. The Balaban J connectivity index is 1.71. The lowest BCUT2D eigenvalue weighted by Gasteiger charge is -2.07. The van der Waals surface area contributed by atoms with Crippen molar-refractivity contribution in [3.63, 3.8) is 0 Å². The number of aromatic nitrogens is 1. The minimum Gasteiger partial charge on any atom is -0.348 e. The third-order valence-electron chi connectivity index (χ3n) is 3.37. The van der Waals surface area contributed by atoms with Gasteiger partial charge in [-0.3, -0.25) is 9.78 Å². The number of hydrogen-bond acceptors (Lipinski definition) is 3. The molecule has 1 aromatic carbocycles. The minimum absolute atomic E-state index is 0.0830. The third-order valence-corrected chi connectivity index (χ3v) is 4.06. The molecule has 0 aliphatic carbocycles. The molecule has 0 saturated heterocycles. The molecule has 22 heavy (non-hydrogen) atoms. The highest BCUT2D eigenvalue weighted by Gasteiger charge is 2.08. The molecule has 2 heterocycles. The second-order valence-electron chi connectivity index (χ2n) is 5.11. The van der Waals surface area contributed by atoms with Gasteiger partial charge in [-0.2, -0.15) is 11.3 Å². The van der Waals surface area contributed by atoms with Crippen LogP contribution in [0.4, 0.5) is 0 Å². The van der Waals surface area contributed by atoms with E-state index in [0.29, 0.717) is 12.1 Å². The molecule has 3 rings (SSSR count). The van der Waals surface area contributed by atoms with E-state index in [4.69, 9.17) is 0 Å². The Morgan fingerprint density at radius 1 is 1.23 bits per heavy atom. The number of amides is 1. The normalized spacial score (nSPS) is 10.4. The number of benzene rings is 1. The van der Waals surface area contributed by atoms with Crippen LogP contribution in [0.2, 0.25) is 0 Å². The zero-order valence-corrected chi connectivity index (χ0v) is 13.1. The van der Waals surface area contributed by atoms with Gasteiger partial charge in [0, 0.05) is 29.2 Å². The van der Waals surface area contributed by atoms with Gasteiger partial charge in [-0.05, 0) is 36.1 Å². The van der Waals surface area contributed by atoms with E-state index in [0.717, 1.165) is 16.8 Å². The first kappa shape index (κ1) is 14.5. The molecule has 0 radical (unpaired) electrons. The van der Waals surface area contributed by atoms with Gasteiger partial charge in [-0.1, -0.05) is 29.8 Å². The first-order valence-electron chi connectivity index (χ1n) is 7.05. The maximum Gasteiger partial charge on any atom is 0.251 e. The van der Waals surface area contributed by atoms with Crippen LogP contribution >= 0.6 is 11.3 Å². The summed E-state index contributed by atoms with van der Waals surface area (Å²) in [6.45, 7) is 2.57. The lowest BCUT2D eigenvalue weighted by molar-refractivity contribution is 0.0951. The summed E-state index contributed by atoms with van der Waals surface area (Å²) in [6.07, 6.45) is 1.68. The van der Waals surface area contributed by atoms with Gasteiger partial charge in [0.2, 0.25) is 0 Å². The number of rotatable bonds is 4. The van der Waals surface area contributed by atoms with E-state index in [-0.39, 0.29) is 5.91 Å². The van der Waals surface area contributed by atoms with Crippen LogP contribution in [0.1, 0.15) is 21.5 Å². The highest BCUT2D eigenvalue weighted by atomic mass is 32.1. The average molecular weight is 308 g/mol. The quantitative estimate of drug-likeness (QED) is 0.790. The summed E-state index contributed by atoms with van der Waals surface area (Å²) in [4.78, 5) is 16.6. The fraction of sp³-hybridized carbons (Fsp3) is 0.111. The maximum atomic E-state index is 12.3. The Labute approximate surface area is 133 Å². The summed E-state index contributed by atoms with van der Waals surface area (Å²) < 4.78 is 0. The highest BCUT2D eigenvalue weighted by molar-refractivity contribution is 7.08. The van der Waals surface area contributed by atoms with Gasteiger partial charge < -0.3 is 5.32 Å². The molecule has 1 N–H and O–H groups in total. The second-order valence-corrected chi connectivity index (χ2v) is 5.89. The Kier molecular flexibility index (Phi) is 4.30. The number of aryl methyl sites for hydroxylation is 1. The largest absolute Gasteiger partial charge is 0.348 e. The van der Waals surface area contributed by atoms with Crippen LogP contribution in [0.15, 0.2) is 59.4 Å². The number of nitrogens with one attached hydrogen (secondary N) is 1. The molecule has 3 nitrogen and oxygen atoms in total. The van der Waals surface area contributed by atoms with Gasteiger partial charge >= 0.3 is 0 Å². The fourth-order valence-electron chi connectivity index (χ4n) is 2.25. The summed E-state index contributed by atoms with van der Waals surface area (Å²) in [7, 11) is 0. The van der Waals surface area contributed by atoms with Crippen LogP contribution in [0.5, 0.6) is 0 Å². The van der Waals surface area contributed by atoms with Gasteiger partial charge in [-0.25, -0.2) is 0 Å². The first-order valence-corrected chi connectivity index (χ1v) is 7.99. The van der Waals surface area contributed by atoms with Crippen LogP contribution in [-0.4, -0.2) is 10.9 Å². The molecule has 0 saturated carbocycles. The van der Waals surface area contributed by atoms with Gasteiger partial charge in [0.25, 0.3) is 5.91 Å². The number of nitrogens with zero attached hydrogens (tertiary/aromatic N) is 1. The SMILES string of the molecule is Cc1cccc(CNC(=O)c2ccnc(-c3ccsc3)c2)c1. The average Bonchev–Trinajstić information content (AvgIpc) is 3.07. The van der Waals surface area contributed by atoms with Crippen LogP contribution < -0.4 is 5.32 Å². The molecule has 0 atom stereocenters. The third kappa shape index (κ3) is 3.40. The van der Waals surface area contributed by atoms with E-state index in [9.17, 15) is 4.79 Å². The van der Waals surface area contributed by atoms with Gasteiger partial charge in [0.05, 0.1) is 5.69 Å². The van der Waals surface area contributed by atoms with Crippen molar-refractivity contribution in [3.05, 3.63) is 76.1 Å². The summed E-state index contributed by atoms with van der Waals surface area (Å²) in [5.41, 5.74) is 4.78. The topological polar surface area (TPSA) is 42.0 Å². The monoisotopic (exact) mass is 308 g/mol. The number of carbonyl (C=O) groups is 1. The molecule has 0 aliphatic rings. The van der Waals surface area contributed by atoms with Gasteiger partial charge in [0.15, 0.2) is 0 Å². The van der Waals surface area contributed by atoms with Gasteiger partial charge in [0.1, 0.15) is 0 Å². The van der Waals surface area contributed by atoms with E-state index in [1.807, 2.05) is 48.0 Å². The molecule has 2 aromatic heterocycles. The summed E-state index contributed by atoms with van der Waals surface area (Å²) in [6, 6.07) is 13.7. The smallest absolute Gasteiger partial charge is 0.251 e. The lowest BCUT2D eigenvalue weighted by atomic mass is 10.1. The van der Waals surface area contributed by atoms with Crippen molar-refractivity contribution in [2.24, 2.45) is 0 Å². The molecular formula is C18H16N2OS. The van der Waals surface area contributed by atoms with Crippen LogP contribution in [0, 0.1) is 6.92 Å². The number of thiophene rings is 1. The Hall–Kier alpha value is -2.46. The van der Waals surface area contributed by atoms with E-state index in [1.165, 1.54) is 5.56 Å². The van der Waals surface area contributed by atoms with Crippen molar-refractivity contribution in [2.45, 2.75) is 13.5 Å². The molecule has 0 bridgehead atoms.